The number of hydrogen-bond donors (Lipinski definition) is 2. The Hall–Kier alpha value is -2.11. The van der Waals surface area contributed by atoms with Crippen LogP contribution in [0.2, 0.25) is 0 Å². The summed E-state index contributed by atoms with van der Waals surface area (Å²) in [7, 11) is 0. The largest absolute Gasteiger partial charge is 0.480 e. The first-order chi connectivity index (χ1) is 8.91. The second kappa shape index (κ2) is 4.87. The number of carboxylic acid groups (broad SMARTS) is 1. The van der Waals surface area contributed by atoms with Crippen molar-refractivity contribution in [2.75, 3.05) is 12.3 Å². The van der Waals surface area contributed by atoms with E-state index >= 15 is 0 Å². The highest BCUT2D eigenvalue weighted by molar-refractivity contribution is 5.97. The van der Waals surface area contributed by atoms with Gasteiger partial charge in [0, 0.05) is 12.1 Å². The number of benzene rings is 1. The number of likely N-dealkylation sites (tertiary alicyclic amines) is 1. The second-order valence-electron chi connectivity index (χ2n) is 4.78. The van der Waals surface area contributed by atoms with Crippen molar-refractivity contribution in [3.63, 3.8) is 0 Å². The molecule has 5 nitrogen and oxygen atoms in total. The van der Waals surface area contributed by atoms with E-state index < -0.39 is 23.7 Å². The van der Waals surface area contributed by atoms with Gasteiger partial charge in [-0.3, -0.25) is 4.79 Å². The number of nitrogen functional groups attached to an aromatic ring is 1. The number of aliphatic carboxylic acids is 1. The molecule has 3 N–H and O–H groups in total. The third kappa shape index (κ3) is 2.38. The van der Waals surface area contributed by atoms with Crippen molar-refractivity contribution in [1.82, 2.24) is 4.90 Å². The zero-order valence-corrected chi connectivity index (χ0v) is 10.5. The fraction of sp³-hybridized carbons (Fsp3) is 0.385. The van der Waals surface area contributed by atoms with E-state index in [9.17, 15) is 14.0 Å². The molecular formula is C13H15FN2O3. The average Bonchev–Trinajstić information content (AvgIpc) is 2.74. The highest BCUT2D eigenvalue weighted by Crippen LogP contribution is 2.26. The molecule has 0 radical (unpaired) electrons. The van der Waals surface area contributed by atoms with Gasteiger partial charge in [0.05, 0.1) is 5.69 Å². The van der Waals surface area contributed by atoms with Gasteiger partial charge in [-0.1, -0.05) is 6.92 Å². The summed E-state index contributed by atoms with van der Waals surface area (Å²) in [6, 6.07) is 2.90. The number of carbonyl (C=O) groups excluding carboxylic acids is 1. The second-order valence-corrected chi connectivity index (χ2v) is 4.78. The summed E-state index contributed by atoms with van der Waals surface area (Å²) in [6.07, 6.45) is 0.625. The van der Waals surface area contributed by atoms with Gasteiger partial charge in [0.1, 0.15) is 11.9 Å². The van der Waals surface area contributed by atoms with E-state index in [0.717, 1.165) is 6.07 Å². The minimum absolute atomic E-state index is 0.0406. The number of amides is 1. The van der Waals surface area contributed by atoms with Crippen LogP contribution in [0.1, 0.15) is 23.7 Å². The van der Waals surface area contributed by atoms with E-state index in [1.807, 2.05) is 0 Å². The van der Waals surface area contributed by atoms with Crippen LogP contribution in [0.5, 0.6) is 0 Å². The third-order valence-corrected chi connectivity index (χ3v) is 3.46. The third-order valence-electron chi connectivity index (χ3n) is 3.46. The molecule has 2 atom stereocenters. The highest BCUT2D eigenvalue weighted by atomic mass is 19.1. The SMILES string of the molecule is CC1CCN(C(=O)c2ccc(N)c(F)c2)C1C(=O)O. The Bertz CT molecular complexity index is 533. The number of hydrogen-bond acceptors (Lipinski definition) is 3. The van der Waals surface area contributed by atoms with Crippen molar-refractivity contribution in [3.8, 4) is 0 Å². The number of nitrogens with two attached hydrogens (primary N) is 1. The van der Waals surface area contributed by atoms with Gasteiger partial charge in [0.25, 0.3) is 5.91 Å². The van der Waals surface area contributed by atoms with Gasteiger partial charge in [-0.15, -0.1) is 0 Å². The van der Waals surface area contributed by atoms with Crippen LogP contribution in [-0.4, -0.2) is 34.5 Å². The van der Waals surface area contributed by atoms with Crippen molar-refractivity contribution in [3.05, 3.63) is 29.6 Å². The summed E-state index contributed by atoms with van der Waals surface area (Å²) in [5, 5.41) is 9.16. The Labute approximate surface area is 109 Å². The number of carboxylic acids is 1. The molecule has 1 aliphatic rings. The Morgan fingerprint density at radius 2 is 2.16 bits per heavy atom. The van der Waals surface area contributed by atoms with Crippen LogP contribution in [-0.2, 0) is 4.79 Å². The molecule has 1 saturated heterocycles. The van der Waals surface area contributed by atoms with E-state index in [-0.39, 0.29) is 17.2 Å². The van der Waals surface area contributed by atoms with Crippen LogP contribution in [0.3, 0.4) is 0 Å². The van der Waals surface area contributed by atoms with Crippen molar-refractivity contribution >= 4 is 17.6 Å². The standard InChI is InChI=1S/C13H15FN2O3/c1-7-4-5-16(11(7)13(18)19)12(17)8-2-3-10(15)9(14)6-8/h2-3,6-7,11H,4-5,15H2,1H3,(H,18,19). The van der Waals surface area contributed by atoms with Crippen LogP contribution >= 0.6 is 0 Å². The summed E-state index contributed by atoms with van der Waals surface area (Å²) in [6.45, 7) is 2.15. The van der Waals surface area contributed by atoms with Gasteiger partial charge in [0.15, 0.2) is 0 Å². The molecule has 1 fully saturated rings. The average molecular weight is 266 g/mol. The fourth-order valence-electron chi connectivity index (χ4n) is 2.38. The number of rotatable bonds is 2. The molecule has 1 aromatic rings. The zero-order valence-electron chi connectivity index (χ0n) is 10.5. The van der Waals surface area contributed by atoms with Gasteiger partial charge in [-0.25, -0.2) is 9.18 Å². The lowest BCUT2D eigenvalue weighted by Crippen LogP contribution is -2.42. The molecule has 1 aromatic carbocycles. The normalized spacial score (nSPS) is 22.5. The van der Waals surface area contributed by atoms with E-state index in [4.69, 9.17) is 10.8 Å². The molecule has 0 bridgehead atoms. The molecule has 1 heterocycles. The molecule has 0 spiro atoms. The molecule has 102 valence electrons. The highest BCUT2D eigenvalue weighted by Gasteiger charge is 2.39. The minimum atomic E-state index is -1.03. The van der Waals surface area contributed by atoms with Crippen molar-refractivity contribution in [2.45, 2.75) is 19.4 Å². The summed E-state index contributed by atoms with van der Waals surface area (Å²) < 4.78 is 13.3. The maximum absolute atomic E-state index is 13.3. The first-order valence-electron chi connectivity index (χ1n) is 6.00. The monoisotopic (exact) mass is 266 g/mol. The molecule has 2 rings (SSSR count). The molecular weight excluding hydrogens is 251 g/mol. The maximum atomic E-state index is 13.3. The summed E-state index contributed by atoms with van der Waals surface area (Å²) in [4.78, 5) is 24.7. The quantitative estimate of drug-likeness (QED) is 0.791. The van der Waals surface area contributed by atoms with E-state index in [1.165, 1.54) is 17.0 Å². The maximum Gasteiger partial charge on any atom is 0.326 e. The minimum Gasteiger partial charge on any atom is -0.480 e. The number of carbonyl (C=O) groups is 2. The van der Waals surface area contributed by atoms with Crippen molar-refractivity contribution in [1.29, 1.82) is 0 Å². The van der Waals surface area contributed by atoms with Crippen LogP contribution in [0.25, 0.3) is 0 Å². The molecule has 6 heteroatoms. The summed E-state index contributed by atoms with van der Waals surface area (Å²) >= 11 is 0. The molecule has 0 saturated carbocycles. The van der Waals surface area contributed by atoms with Gasteiger partial charge >= 0.3 is 5.97 Å². The lowest BCUT2D eigenvalue weighted by Gasteiger charge is -2.23. The Balaban J connectivity index is 2.28. The molecule has 2 unspecified atom stereocenters. The topological polar surface area (TPSA) is 83.6 Å². The lowest BCUT2D eigenvalue weighted by molar-refractivity contribution is -0.142. The number of nitrogens with zero attached hydrogens (tertiary/aromatic N) is 1. The van der Waals surface area contributed by atoms with Crippen LogP contribution in [0.15, 0.2) is 18.2 Å². The van der Waals surface area contributed by atoms with Gasteiger partial charge < -0.3 is 15.7 Å². The van der Waals surface area contributed by atoms with E-state index in [0.29, 0.717) is 13.0 Å². The van der Waals surface area contributed by atoms with Crippen LogP contribution < -0.4 is 5.73 Å². The van der Waals surface area contributed by atoms with Crippen LogP contribution in [0.4, 0.5) is 10.1 Å². The summed E-state index contributed by atoms with van der Waals surface area (Å²) in [5.74, 6) is -2.30. The van der Waals surface area contributed by atoms with Gasteiger partial charge in [-0.2, -0.15) is 0 Å². The first-order valence-corrected chi connectivity index (χ1v) is 6.00. The number of anilines is 1. The fourth-order valence-corrected chi connectivity index (χ4v) is 2.38. The first kappa shape index (κ1) is 13.3. The van der Waals surface area contributed by atoms with E-state index in [2.05, 4.69) is 0 Å². The molecule has 1 amide bonds. The smallest absolute Gasteiger partial charge is 0.326 e. The molecule has 19 heavy (non-hydrogen) atoms. The van der Waals surface area contributed by atoms with Crippen LogP contribution in [0, 0.1) is 11.7 Å². The van der Waals surface area contributed by atoms with Gasteiger partial charge in [-0.05, 0) is 30.5 Å². The van der Waals surface area contributed by atoms with Crippen molar-refractivity contribution < 1.29 is 19.1 Å². The predicted octanol–water partition coefficient (Wildman–Crippen LogP) is 1.34. The Morgan fingerprint density at radius 3 is 2.74 bits per heavy atom. The molecule has 0 aliphatic carbocycles. The van der Waals surface area contributed by atoms with E-state index in [1.54, 1.807) is 6.92 Å². The predicted molar refractivity (Wildman–Crippen MR) is 67.1 cm³/mol. The molecule has 0 aromatic heterocycles. The van der Waals surface area contributed by atoms with Crippen molar-refractivity contribution in [2.24, 2.45) is 5.92 Å². The summed E-state index contributed by atoms with van der Waals surface area (Å²) in [5.41, 5.74) is 5.42. The Kier molecular flexibility index (Phi) is 3.42. The zero-order chi connectivity index (χ0) is 14.2. The number of halogens is 1. The van der Waals surface area contributed by atoms with Gasteiger partial charge in [0.2, 0.25) is 0 Å². The lowest BCUT2D eigenvalue weighted by atomic mass is 10.0. The Morgan fingerprint density at radius 1 is 1.47 bits per heavy atom. The molecule has 1 aliphatic heterocycles.